The molecule has 0 spiro atoms. The zero-order chi connectivity index (χ0) is 18.3. The third kappa shape index (κ3) is 6.49. The predicted octanol–water partition coefficient (Wildman–Crippen LogP) is 2.17. The smallest absolute Gasteiger partial charge is 0.318 e. The second-order valence-electron chi connectivity index (χ2n) is 5.44. The number of benzene rings is 1. The number of nitrogens with two attached hydrogens (primary N) is 1. The van der Waals surface area contributed by atoms with Crippen LogP contribution in [0.3, 0.4) is 0 Å². The van der Waals surface area contributed by atoms with Gasteiger partial charge in [-0.1, -0.05) is 41.9 Å². The van der Waals surface area contributed by atoms with E-state index in [0.717, 1.165) is 4.47 Å². The van der Waals surface area contributed by atoms with E-state index >= 15 is 0 Å². The van der Waals surface area contributed by atoms with Crippen LogP contribution in [0.25, 0.3) is 0 Å². The molecule has 0 aliphatic rings. The summed E-state index contributed by atoms with van der Waals surface area (Å²) >= 11 is 3.27. The molecule has 0 heterocycles. The molecule has 0 saturated carbocycles. The standard InChI is InChI=1S/C16H19BrN2O5/c1-9(2)14(15(22)19-16(18)23)24-13(21)8-7-12(20)10-3-5-11(17)6-4-10/h3-6,9,14H,7-8H2,1-2H3,(H3,18,19,22,23)/t14-/m0/s1. The van der Waals surface area contributed by atoms with E-state index in [-0.39, 0.29) is 24.5 Å². The van der Waals surface area contributed by atoms with Gasteiger partial charge < -0.3 is 10.5 Å². The van der Waals surface area contributed by atoms with Gasteiger partial charge in [0.25, 0.3) is 5.91 Å². The van der Waals surface area contributed by atoms with Crippen LogP contribution in [0.5, 0.6) is 0 Å². The monoisotopic (exact) mass is 398 g/mol. The Kier molecular flexibility index (Phi) is 7.57. The Bertz CT molecular complexity index is 628. The molecule has 1 aromatic carbocycles. The Labute approximate surface area is 148 Å². The number of esters is 1. The number of hydrogen-bond donors (Lipinski definition) is 2. The summed E-state index contributed by atoms with van der Waals surface area (Å²) in [5, 5.41) is 1.88. The lowest BCUT2D eigenvalue weighted by Gasteiger charge is -2.19. The lowest BCUT2D eigenvalue weighted by molar-refractivity contribution is -0.158. The number of rotatable bonds is 7. The Balaban J connectivity index is 2.56. The van der Waals surface area contributed by atoms with Gasteiger partial charge in [0.15, 0.2) is 11.9 Å². The first-order valence-electron chi connectivity index (χ1n) is 7.29. The molecule has 1 rings (SSSR count). The van der Waals surface area contributed by atoms with Crippen LogP contribution in [0.15, 0.2) is 28.7 Å². The van der Waals surface area contributed by atoms with Crippen molar-refractivity contribution in [2.45, 2.75) is 32.8 Å². The third-order valence-electron chi connectivity index (χ3n) is 3.09. The number of halogens is 1. The molecule has 0 fully saturated rings. The summed E-state index contributed by atoms with van der Waals surface area (Å²) in [7, 11) is 0. The number of carbonyl (C=O) groups excluding carboxylic acids is 4. The molecule has 0 bridgehead atoms. The van der Waals surface area contributed by atoms with Crippen LogP contribution >= 0.6 is 15.9 Å². The summed E-state index contributed by atoms with van der Waals surface area (Å²) in [4.78, 5) is 46.3. The van der Waals surface area contributed by atoms with Crippen LogP contribution in [0.2, 0.25) is 0 Å². The average molecular weight is 399 g/mol. The molecular weight excluding hydrogens is 380 g/mol. The highest BCUT2D eigenvalue weighted by molar-refractivity contribution is 9.10. The molecule has 8 heteroatoms. The Morgan fingerprint density at radius 1 is 1.12 bits per heavy atom. The summed E-state index contributed by atoms with van der Waals surface area (Å²) in [6, 6.07) is 5.74. The third-order valence-corrected chi connectivity index (χ3v) is 3.62. The number of nitrogens with one attached hydrogen (secondary N) is 1. The minimum absolute atomic E-state index is 0.0390. The SMILES string of the molecule is CC(C)[C@H](OC(=O)CCC(=O)c1ccc(Br)cc1)C(=O)NC(N)=O. The zero-order valence-corrected chi connectivity index (χ0v) is 15.0. The fourth-order valence-corrected chi connectivity index (χ4v) is 2.15. The molecule has 130 valence electrons. The van der Waals surface area contributed by atoms with Gasteiger partial charge in [0.2, 0.25) is 0 Å². The maximum absolute atomic E-state index is 12.0. The summed E-state index contributed by atoms with van der Waals surface area (Å²) in [5.74, 6) is -2.04. The van der Waals surface area contributed by atoms with Crippen LogP contribution in [0, 0.1) is 5.92 Å². The number of carbonyl (C=O) groups is 4. The van der Waals surface area contributed by atoms with Crippen molar-refractivity contribution in [3.05, 3.63) is 34.3 Å². The van der Waals surface area contributed by atoms with E-state index in [1.165, 1.54) is 0 Å². The first-order chi connectivity index (χ1) is 11.2. The second-order valence-corrected chi connectivity index (χ2v) is 6.35. The average Bonchev–Trinajstić information content (AvgIpc) is 2.49. The number of amides is 3. The molecule has 0 aromatic heterocycles. The number of Topliss-reactive ketones (excluding diaryl/α,β-unsaturated/α-hetero) is 1. The highest BCUT2D eigenvalue weighted by Crippen LogP contribution is 2.14. The number of hydrogen-bond acceptors (Lipinski definition) is 5. The summed E-state index contributed by atoms with van der Waals surface area (Å²) in [5.41, 5.74) is 5.36. The fraction of sp³-hybridized carbons (Fsp3) is 0.375. The molecule has 3 amide bonds. The van der Waals surface area contributed by atoms with Gasteiger partial charge in [0, 0.05) is 16.5 Å². The van der Waals surface area contributed by atoms with Crippen molar-refractivity contribution in [3.63, 3.8) is 0 Å². The number of ether oxygens (including phenoxy) is 1. The Morgan fingerprint density at radius 3 is 2.21 bits per heavy atom. The number of imide groups is 1. The number of ketones is 1. The van der Waals surface area contributed by atoms with Crippen molar-refractivity contribution >= 4 is 39.6 Å². The van der Waals surface area contributed by atoms with Crippen LogP contribution in [-0.4, -0.2) is 29.8 Å². The Morgan fingerprint density at radius 2 is 1.71 bits per heavy atom. The molecule has 0 aliphatic heterocycles. The topological polar surface area (TPSA) is 116 Å². The van der Waals surface area contributed by atoms with E-state index in [1.54, 1.807) is 38.1 Å². The molecule has 1 aromatic rings. The normalized spacial score (nSPS) is 11.7. The van der Waals surface area contributed by atoms with Crippen LogP contribution in [0.4, 0.5) is 4.79 Å². The van der Waals surface area contributed by atoms with Gasteiger partial charge in [-0.05, 0) is 18.1 Å². The first-order valence-corrected chi connectivity index (χ1v) is 8.08. The zero-order valence-electron chi connectivity index (χ0n) is 13.4. The molecular formula is C16H19BrN2O5. The fourth-order valence-electron chi connectivity index (χ4n) is 1.88. The molecule has 7 nitrogen and oxygen atoms in total. The maximum atomic E-state index is 12.0. The van der Waals surface area contributed by atoms with Crippen LogP contribution in [0.1, 0.15) is 37.0 Å². The van der Waals surface area contributed by atoms with Gasteiger partial charge in [-0.15, -0.1) is 0 Å². The van der Waals surface area contributed by atoms with E-state index in [0.29, 0.717) is 5.56 Å². The lowest BCUT2D eigenvalue weighted by Crippen LogP contribution is -2.45. The highest BCUT2D eigenvalue weighted by atomic mass is 79.9. The molecule has 0 saturated heterocycles. The van der Waals surface area contributed by atoms with Gasteiger partial charge in [-0.3, -0.25) is 19.7 Å². The minimum atomic E-state index is -1.15. The van der Waals surface area contributed by atoms with E-state index in [4.69, 9.17) is 10.5 Å². The molecule has 1 atom stereocenters. The summed E-state index contributed by atoms with van der Waals surface area (Å²) < 4.78 is 5.91. The van der Waals surface area contributed by atoms with E-state index in [1.807, 2.05) is 5.32 Å². The van der Waals surface area contributed by atoms with Gasteiger partial charge in [-0.25, -0.2) is 4.79 Å². The molecule has 3 N–H and O–H groups in total. The molecule has 24 heavy (non-hydrogen) atoms. The molecule has 0 aliphatic carbocycles. The quantitative estimate of drug-likeness (QED) is 0.539. The van der Waals surface area contributed by atoms with Crippen molar-refractivity contribution in [3.8, 4) is 0 Å². The van der Waals surface area contributed by atoms with Crippen molar-refractivity contribution in [1.29, 1.82) is 0 Å². The van der Waals surface area contributed by atoms with Gasteiger partial charge >= 0.3 is 12.0 Å². The Hall–Kier alpha value is -2.22. The van der Waals surface area contributed by atoms with E-state index < -0.39 is 24.0 Å². The van der Waals surface area contributed by atoms with Crippen molar-refractivity contribution in [2.24, 2.45) is 11.7 Å². The maximum Gasteiger partial charge on any atom is 0.318 e. The van der Waals surface area contributed by atoms with Gasteiger partial charge in [0.1, 0.15) is 0 Å². The summed E-state index contributed by atoms with van der Waals surface area (Å²) in [6.45, 7) is 3.32. The molecule has 0 radical (unpaired) electrons. The van der Waals surface area contributed by atoms with Crippen molar-refractivity contribution in [2.75, 3.05) is 0 Å². The van der Waals surface area contributed by atoms with Crippen LogP contribution < -0.4 is 11.1 Å². The van der Waals surface area contributed by atoms with Gasteiger partial charge in [-0.2, -0.15) is 0 Å². The second kappa shape index (κ2) is 9.17. The van der Waals surface area contributed by atoms with Crippen molar-refractivity contribution in [1.82, 2.24) is 5.32 Å². The largest absolute Gasteiger partial charge is 0.452 e. The molecule has 0 unspecified atom stereocenters. The van der Waals surface area contributed by atoms with Crippen molar-refractivity contribution < 1.29 is 23.9 Å². The number of primary amides is 1. The minimum Gasteiger partial charge on any atom is -0.452 e. The first kappa shape index (κ1) is 19.8. The van der Waals surface area contributed by atoms with Crippen LogP contribution in [-0.2, 0) is 14.3 Å². The van der Waals surface area contributed by atoms with E-state index in [9.17, 15) is 19.2 Å². The number of urea groups is 1. The van der Waals surface area contributed by atoms with E-state index in [2.05, 4.69) is 15.9 Å². The highest BCUT2D eigenvalue weighted by Gasteiger charge is 2.27. The van der Waals surface area contributed by atoms with Gasteiger partial charge in [0.05, 0.1) is 6.42 Å². The lowest BCUT2D eigenvalue weighted by atomic mass is 10.1. The summed E-state index contributed by atoms with van der Waals surface area (Å²) in [6.07, 6.45) is -1.35. The predicted molar refractivity (Wildman–Crippen MR) is 90.2 cm³/mol.